The van der Waals surface area contributed by atoms with Gasteiger partial charge in [0.05, 0.1) is 119 Å². The molecule has 4 rings (SSSR count). The third kappa shape index (κ3) is 49.9. The molecule has 0 atom stereocenters. The minimum Gasteiger partial charge on any atom is -0.487 e. The van der Waals surface area contributed by atoms with Crippen molar-refractivity contribution in [3.05, 3.63) is 54.6 Å². The van der Waals surface area contributed by atoms with Gasteiger partial charge in [-0.1, -0.05) is 157 Å². The number of nitrogens with one attached hydrogen (secondary N) is 3. The molecule has 0 bridgehead atoms. The Kier molecular flexibility index (Phi) is 59.2. The minimum atomic E-state index is 0.203. The van der Waals surface area contributed by atoms with Gasteiger partial charge in [-0.15, -0.1) is 0 Å². The molecule has 1 aromatic heterocycles. The summed E-state index contributed by atoms with van der Waals surface area (Å²) >= 11 is 0. The summed E-state index contributed by atoms with van der Waals surface area (Å²) in [6.45, 7) is 27.3. The molecule has 0 saturated carbocycles. The highest BCUT2D eigenvalue weighted by atomic mass is 16.6. The molecular weight excluding hydrogens is 1340 g/mol. The Morgan fingerprint density at radius 3 is 0.552 bits per heavy atom. The zero-order valence-electron chi connectivity index (χ0n) is 65.6. The smallest absolute Gasteiger partial charge is 0.233 e. The summed E-state index contributed by atoms with van der Waals surface area (Å²) in [6, 6.07) is 16.7. The van der Waals surface area contributed by atoms with Gasteiger partial charge in [-0.2, -0.15) is 15.0 Å². The zero-order chi connectivity index (χ0) is 74.4. The Morgan fingerprint density at radius 1 is 0.190 bits per heavy atom. The van der Waals surface area contributed by atoms with Crippen molar-refractivity contribution in [3.8, 4) is 34.5 Å². The van der Waals surface area contributed by atoms with Gasteiger partial charge in [-0.3, -0.25) is 0 Å². The maximum absolute atomic E-state index is 6.39. The van der Waals surface area contributed by atoms with E-state index in [0.29, 0.717) is 190 Å². The van der Waals surface area contributed by atoms with Crippen LogP contribution < -0.4 is 44.4 Å². The molecule has 600 valence electrons. The molecule has 4 aromatic rings. The molecule has 3 N–H and O–H groups in total. The fourth-order valence-corrected chi connectivity index (χ4v) is 10.4. The van der Waals surface area contributed by atoms with Crippen molar-refractivity contribution in [3.63, 3.8) is 0 Å². The molecule has 1 heterocycles. The van der Waals surface area contributed by atoms with Crippen molar-refractivity contribution in [2.75, 3.05) is 214 Å². The van der Waals surface area contributed by atoms with Crippen molar-refractivity contribution in [2.24, 2.45) is 0 Å². The maximum atomic E-state index is 6.39. The van der Waals surface area contributed by atoms with Crippen LogP contribution in [0.2, 0.25) is 0 Å². The van der Waals surface area contributed by atoms with Crippen molar-refractivity contribution in [2.45, 2.75) is 196 Å². The first-order chi connectivity index (χ1) is 52.0. The van der Waals surface area contributed by atoms with Crippen LogP contribution in [-0.2, 0) is 56.8 Å². The first-order valence-corrected chi connectivity index (χ1v) is 40.2. The van der Waals surface area contributed by atoms with E-state index in [2.05, 4.69) is 57.5 Å². The Hall–Kier alpha value is -5.61. The molecule has 0 aliphatic heterocycles. The van der Waals surface area contributed by atoms with Crippen molar-refractivity contribution in [1.82, 2.24) is 15.0 Å². The van der Waals surface area contributed by atoms with Crippen LogP contribution in [0.3, 0.4) is 0 Å². The van der Waals surface area contributed by atoms with Crippen LogP contribution >= 0.6 is 0 Å². The lowest BCUT2D eigenvalue weighted by atomic mass is 10.2. The number of hydrogen-bond donors (Lipinski definition) is 3. The second-order valence-electron chi connectivity index (χ2n) is 25.5. The monoisotopic (exact) mass is 1480 g/mol. The van der Waals surface area contributed by atoms with Crippen LogP contribution in [0.5, 0.6) is 34.5 Å². The van der Waals surface area contributed by atoms with Gasteiger partial charge in [-0.05, 0) is 74.9 Å². The third-order valence-corrected chi connectivity index (χ3v) is 16.2. The molecule has 0 aliphatic rings. The summed E-state index contributed by atoms with van der Waals surface area (Å²) in [5.74, 6) is 3.65. The lowest BCUT2D eigenvalue weighted by Gasteiger charge is -2.17. The molecular formula is C81H138N6O18. The van der Waals surface area contributed by atoms with E-state index < -0.39 is 0 Å². The van der Waals surface area contributed by atoms with Crippen LogP contribution in [0.25, 0.3) is 0 Å². The van der Waals surface area contributed by atoms with E-state index >= 15 is 0 Å². The van der Waals surface area contributed by atoms with Crippen LogP contribution in [0.1, 0.15) is 196 Å². The minimum absolute atomic E-state index is 0.203. The first-order valence-electron chi connectivity index (χ1n) is 40.2. The summed E-state index contributed by atoms with van der Waals surface area (Å²) in [4.78, 5) is 14.8. The van der Waals surface area contributed by atoms with Gasteiger partial charge in [-0.25, -0.2) is 0 Å². The van der Waals surface area contributed by atoms with Crippen LogP contribution in [-0.4, -0.2) is 213 Å². The SMILES string of the molecule is CCCCCCOCCOCCOc1ccc(Nc2nc(Nc3ccc(OCCOCCOCCCCCC)c(OCCOCCOCCCCCC)c3)nc(Nc3ccc(OCCOCCOCCCCCC)c(OCCOCCOCCCCCC)c3)n2)cc1OCCOCCOCCCCCC. The molecule has 3 aromatic carbocycles. The molecule has 24 heteroatoms. The van der Waals surface area contributed by atoms with Crippen LogP contribution in [0, 0.1) is 0 Å². The standard InChI is InChI=1S/C81H138N6O18/c1-7-13-19-25-37-88-43-49-94-55-61-100-73-34-31-70(67-76(73)103-64-58-97-52-46-91-40-28-22-16-10-4)82-79-85-80(83-71-32-35-74(101-62-56-95-50-44-89-38-26-20-14-8-2)77(68-71)104-65-59-98-53-47-92-41-29-23-17-11-5)87-81(86-79)84-72-33-36-75(102-63-57-96-51-45-90-39-27-21-15-9-3)78(69-72)105-66-60-99-54-48-93-42-30-24-18-12-6/h31-36,67-69H,7-30,37-66H2,1-6H3,(H3,82,83,84,85,86,87). The Bertz CT molecular complexity index is 2330. The van der Waals surface area contributed by atoms with E-state index in [1.165, 1.54) is 116 Å². The van der Waals surface area contributed by atoms with E-state index in [-0.39, 0.29) is 37.7 Å². The second kappa shape index (κ2) is 67.7. The maximum Gasteiger partial charge on any atom is 0.233 e. The number of benzene rings is 3. The summed E-state index contributed by atoms with van der Waals surface area (Å²) in [7, 11) is 0. The Morgan fingerprint density at radius 2 is 0.362 bits per heavy atom. The molecule has 105 heavy (non-hydrogen) atoms. The van der Waals surface area contributed by atoms with E-state index in [0.717, 1.165) is 78.2 Å². The third-order valence-electron chi connectivity index (χ3n) is 16.2. The lowest BCUT2D eigenvalue weighted by molar-refractivity contribution is 0.0321. The van der Waals surface area contributed by atoms with E-state index in [1.807, 2.05) is 54.6 Å². The molecule has 0 amide bonds. The molecule has 0 saturated heterocycles. The highest BCUT2D eigenvalue weighted by molar-refractivity contribution is 5.66. The Labute approximate surface area is 631 Å². The predicted molar refractivity (Wildman–Crippen MR) is 417 cm³/mol. The number of aromatic nitrogens is 3. The molecule has 0 radical (unpaired) electrons. The first kappa shape index (κ1) is 91.8. The fourth-order valence-electron chi connectivity index (χ4n) is 10.4. The zero-order valence-corrected chi connectivity index (χ0v) is 65.6. The predicted octanol–water partition coefficient (Wildman–Crippen LogP) is 17.1. The second-order valence-corrected chi connectivity index (χ2v) is 25.5. The van der Waals surface area contributed by atoms with E-state index in [9.17, 15) is 0 Å². The van der Waals surface area contributed by atoms with Crippen molar-refractivity contribution < 1.29 is 85.3 Å². The average molecular weight is 1480 g/mol. The van der Waals surface area contributed by atoms with Gasteiger partial charge >= 0.3 is 0 Å². The van der Waals surface area contributed by atoms with Crippen molar-refractivity contribution in [1.29, 1.82) is 0 Å². The Balaban J connectivity index is 1.63. The van der Waals surface area contributed by atoms with Gasteiger partial charge in [0.15, 0.2) is 34.5 Å². The van der Waals surface area contributed by atoms with Gasteiger partial charge in [0.1, 0.15) is 39.6 Å². The quantitative estimate of drug-likeness (QED) is 0.0348. The highest BCUT2D eigenvalue weighted by Crippen LogP contribution is 2.36. The van der Waals surface area contributed by atoms with Gasteiger partial charge < -0.3 is 101 Å². The summed E-state index contributed by atoms with van der Waals surface area (Å²) in [6.07, 6.45) is 27.7. The number of rotatable bonds is 78. The summed E-state index contributed by atoms with van der Waals surface area (Å²) in [5.41, 5.74) is 1.83. The number of hydrogen-bond acceptors (Lipinski definition) is 24. The highest BCUT2D eigenvalue weighted by Gasteiger charge is 2.16. The van der Waals surface area contributed by atoms with Gasteiger partial charge in [0.25, 0.3) is 0 Å². The molecule has 0 spiro atoms. The van der Waals surface area contributed by atoms with Crippen molar-refractivity contribution >= 4 is 34.9 Å². The van der Waals surface area contributed by atoms with Crippen LogP contribution in [0.15, 0.2) is 54.6 Å². The average Bonchev–Trinajstić information content (AvgIpc) is 0.828. The molecule has 0 aliphatic carbocycles. The van der Waals surface area contributed by atoms with Crippen LogP contribution in [0.4, 0.5) is 34.9 Å². The summed E-state index contributed by atoms with van der Waals surface area (Å²) in [5, 5.41) is 10.3. The van der Waals surface area contributed by atoms with E-state index in [1.54, 1.807) is 0 Å². The number of nitrogens with zero attached hydrogens (tertiary/aromatic N) is 3. The fraction of sp³-hybridized carbons (Fsp3) is 0.741. The normalized spacial score (nSPS) is 11.4. The molecule has 0 fully saturated rings. The number of unbranched alkanes of at least 4 members (excludes halogenated alkanes) is 18. The molecule has 24 nitrogen and oxygen atoms in total. The molecule has 0 unspecified atom stereocenters. The number of anilines is 6. The van der Waals surface area contributed by atoms with E-state index in [4.69, 9.17) is 100 Å². The van der Waals surface area contributed by atoms with Gasteiger partial charge in [0.2, 0.25) is 17.8 Å². The topological polar surface area (TPSA) is 241 Å². The number of ether oxygens (including phenoxy) is 18. The lowest BCUT2D eigenvalue weighted by Crippen LogP contribution is -2.14. The largest absolute Gasteiger partial charge is 0.487 e. The summed E-state index contributed by atoms with van der Waals surface area (Å²) < 4.78 is 108. The van der Waals surface area contributed by atoms with Gasteiger partial charge in [0, 0.05) is 74.9 Å².